The lowest BCUT2D eigenvalue weighted by molar-refractivity contribution is -0.122. The van der Waals surface area contributed by atoms with Crippen LogP contribution in [0, 0.1) is 0 Å². The molecule has 2 aromatic rings. The number of piperidine rings is 1. The highest BCUT2D eigenvalue weighted by Crippen LogP contribution is 2.46. The third kappa shape index (κ3) is 6.60. The summed E-state index contributed by atoms with van der Waals surface area (Å²) in [5.41, 5.74) is 0.751. The van der Waals surface area contributed by atoms with E-state index in [1.807, 2.05) is 62.1 Å². The molecule has 1 heterocycles. The SMILES string of the molecule is CC(C)(C)OC(=O)N(C1CCN(CC(=O)COc2ccccc2)CC1)C1CC1c1ccccc1. The van der Waals surface area contributed by atoms with E-state index in [1.54, 1.807) is 0 Å². The number of para-hydroxylation sites is 1. The van der Waals surface area contributed by atoms with Crippen LogP contribution in [-0.2, 0) is 9.53 Å². The fourth-order valence-electron chi connectivity index (χ4n) is 4.75. The van der Waals surface area contributed by atoms with E-state index in [9.17, 15) is 9.59 Å². The Morgan fingerprint density at radius 3 is 2.21 bits per heavy atom. The number of amides is 1. The van der Waals surface area contributed by atoms with Crippen LogP contribution >= 0.6 is 0 Å². The Morgan fingerprint density at radius 1 is 0.971 bits per heavy atom. The molecule has 6 heteroatoms. The summed E-state index contributed by atoms with van der Waals surface area (Å²) < 4.78 is 11.4. The number of carbonyl (C=O) groups is 2. The summed E-state index contributed by atoms with van der Waals surface area (Å²) in [6.45, 7) is 7.76. The average molecular weight is 465 g/mol. The molecule has 4 rings (SSSR count). The molecule has 2 aliphatic rings. The first-order valence-electron chi connectivity index (χ1n) is 12.3. The Hall–Kier alpha value is -2.86. The molecule has 2 fully saturated rings. The number of hydrogen-bond acceptors (Lipinski definition) is 5. The molecule has 0 aromatic heterocycles. The molecular formula is C28H36N2O4. The molecule has 1 aliphatic carbocycles. The van der Waals surface area contributed by atoms with Crippen LogP contribution in [0.1, 0.15) is 51.5 Å². The maximum absolute atomic E-state index is 13.2. The monoisotopic (exact) mass is 464 g/mol. The van der Waals surface area contributed by atoms with Crippen LogP contribution in [0.2, 0.25) is 0 Å². The largest absolute Gasteiger partial charge is 0.486 e. The number of ether oxygens (including phenoxy) is 2. The maximum atomic E-state index is 13.2. The van der Waals surface area contributed by atoms with E-state index in [2.05, 4.69) is 29.2 Å². The Labute approximate surface area is 202 Å². The van der Waals surface area contributed by atoms with Gasteiger partial charge in [0.25, 0.3) is 0 Å². The van der Waals surface area contributed by atoms with E-state index >= 15 is 0 Å². The van der Waals surface area contributed by atoms with Gasteiger partial charge in [0.15, 0.2) is 5.78 Å². The van der Waals surface area contributed by atoms with E-state index in [0.29, 0.717) is 18.2 Å². The highest BCUT2D eigenvalue weighted by atomic mass is 16.6. The van der Waals surface area contributed by atoms with Crippen LogP contribution in [0.25, 0.3) is 0 Å². The normalized spacial score (nSPS) is 21.0. The van der Waals surface area contributed by atoms with Crippen molar-refractivity contribution in [3.63, 3.8) is 0 Å². The van der Waals surface area contributed by atoms with Crippen LogP contribution in [0.5, 0.6) is 5.75 Å². The molecule has 0 radical (unpaired) electrons. The van der Waals surface area contributed by atoms with E-state index < -0.39 is 5.60 Å². The molecule has 1 amide bonds. The second-order valence-electron chi connectivity index (χ2n) is 10.4. The number of carbonyl (C=O) groups excluding carboxylic acids is 2. The molecule has 0 spiro atoms. The summed E-state index contributed by atoms with van der Waals surface area (Å²) in [6, 6.07) is 20.1. The number of rotatable bonds is 8. The molecule has 2 aromatic carbocycles. The van der Waals surface area contributed by atoms with Crippen molar-refractivity contribution in [1.82, 2.24) is 9.80 Å². The van der Waals surface area contributed by atoms with Crippen molar-refractivity contribution < 1.29 is 19.1 Å². The van der Waals surface area contributed by atoms with Gasteiger partial charge in [0.05, 0.1) is 6.54 Å². The standard InChI is InChI=1S/C28H36N2O4/c1-28(2,3)34-27(32)30(26-18-25(26)21-10-6-4-7-11-21)22-14-16-29(17-15-22)19-23(31)20-33-24-12-8-5-9-13-24/h4-13,22,25-26H,14-20H2,1-3H3. The first-order valence-corrected chi connectivity index (χ1v) is 12.3. The van der Waals surface area contributed by atoms with Gasteiger partial charge in [0.1, 0.15) is 18.0 Å². The number of likely N-dealkylation sites (tertiary alicyclic amines) is 1. The zero-order chi connectivity index (χ0) is 24.1. The molecule has 1 saturated heterocycles. The lowest BCUT2D eigenvalue weighted by atomic mass is 10.0. The molecule has 2 unspecified atom stereocenters. The fraction of sp³-hybridized carbons (Fsp3) is 0.500. The van der Waals surface area contributed by atoms with Gasteiger partial charge in [-0.1, -0.05) is 48.5 Å². The second-order valence-corrected chi connectivity index (χ2v) is 10.4. The molecular weight excluding hydrogens is 428 g/mol. The minimum absolute atomic E-state index is 0.0673. The zero-order valence-electron chi connectivity index (χ0n) is 20.5. The molecule has 2 atom stereocenters. The van der Waals surface area contributed by atoms with Gasteiger partial charge >= 0.3 is 6.09 Å². The number of ketones is 1. The first kappa shape index (κ1) is 24.3. The van der Waals surface area contributed by atoms with Crippen molar-refractivity contribution in [2.24, 2.45) is 0 Å². The number of hydrogen-bond donors (Lipinski definition) is 0. The van der Waals surface area contributed by atoms with Crippen molar-refractivity contribution in [1.29, 1.82) is 0 Å². The van der Waals surface area contributed by atoms with Crippen LogP contribution in [0.3, 0.4) is 0 Å². The smallest absolute Gasteiger partial charge is 0.410 e. The number of Topliss-reactive ketones (excluding diaryl/α,β-unsaturated/α-hetero) is 1. The molecule has 0 N–H and O–H groups in total. The summed E-state index contributed by atoms with van der Waals surface area (Å²) in [5, 5.41) is 0. The van der Waals surface area contributed by atoms with Gasteiger partial charge in [-0.15, -0.1) is 0 Å². The second kappa shape index (κ2) is 10.6. The molecule has 182 valence electrons. The van der Waals surface area contributed by atoms with E-state index in [-0.39, 0.29) is 30.6 Å². The lowest BCUT2D eigenvalue weighted by Gasteiger charge is -2.39. The minimum Gasteiger partial charge on any atom is -0.486 e. The predicted molar refractivity (Wildman–Crippen MR) is 132 cm³/mol. The van der Waals surface area contributed by atoms with E-state index in [1.165, 1.54) is 5.56 Å². The van der Waals surface area contributed by atoms with E-state index in [4.69, 9.17) is 9.47 Å². The summed E-state index contributed by atoms with van der Waals surface area (Å²) in [5.74, 6) is 1.14. The predicted octanol–water partition coefficient (Wildman–Crippen LogP) is 4.89. The summed E-state index contributed by atoms with van der Waals surface area (Å²) in [7, 11) is 0. The molecule has 6 nitrogen and oxygen atoms in total. The topological polar surface area (TPSA) is 59.1 Å². The van der Waals surface area contributed by atoms with Gasteiger partial charge in [-0.25, -0.2) is 4.79 Å². The third-order valence-electron chi connectivity index (χ3n) is 6.44. The number of nitrogens with zero attached hydrogens (tertiary/aromatic N) is 2. The van der Waals surface area contributed by atoms with Crippen molar-refractivity contribution in [3.8, 4) is 5.75 Å². The quantitative estimate of drug-likeness (QED) is 0.557. The van der Waals surface area contributed by atoms with Crippen LogP contribution in [0.15, 0.2) is 60.7 Å². The van der Waals surface area contributed by atoms with Gasteiger partial charge in [0.2, 0.25) is 0 Å². The van der Waals surface area contributed by atoms with Crippen LogP contribution < -0.4 is 4.74 Å². The van der Waals surface area contributed by atoms with Gasteiger partial charge in [0, 0.05) is 31.1 Å². The van der Waals surface area contributed by atoms with Crippen LogP contribution in [0.4, 0.5) is 4.79 Å². The molecule has 1 saturated carbocycles. The van der Waals surface area contributed by atoms with Crippen molar-refractivity contribution in [2.75, 3.05) is 26.2 Å². The highest BCUT2D eigenvalue weighted by Gasteiger charge is 2.48. The van der Waals surface area contributed by atoms with Gasteiger partial charge in [-0.2, -0.15) is 0 Å². The third-order valence-corrected chi connectivity index (χ3v) is 6.44. The Balaban J connectivity index is 1.32. The maximum Gasteiger partial charge on any atom is 0.410 e. The Kier molecular flexibility index (Phi) is 7.57. The Bertz CT molecular complexity index is 949. The summed E-state index contributed by atoms with van der Waals surface area (Å²) in [6.07, 6.45) is 2.43. The molecule has 0 bridgehead atoms. The highest BCUT2D eigenvalue weighted by molar-refractivity contribution is 5.82. The van der Waals surface area contributed by atoms with Gasteiger partial charge in [-0.3, -0.25) is 9.69 Å². The Morgan fingerprint density at radius 2 is 1.59 bits per heavy atom. The fourth-order valence-corrected chi connectivity index (χ4v) is 4.75. The van der Waals surface area contributed by atoms with E-state index in [0.717, 1.165) is 32.4 Å². The van der Waals surface area contributed by atoms with Crippen LogP contribution in [-0.4, -0.2) is 65.6 Å². The van der Waals surface area contributed by atoms with Gasteiger partial charge in [-0.05, 0) is 57.7 Å². The zero-order valence-corrected chi connectivity index (χ0v) is 20.5. The molecule has 34 heavy (non-hydrogen) atoms. The summed E-state index contributed by atoms with van der Waals surface area (Å²) >= 11 is 0. The molecule has 1 aliphatic heterocycles. The first-order chi connectivity index (χ1) is 16.3. The van der Waals surface area contributed by atoms with Crippen molar-refractivity contribution >= 4 is 11.9 Å². The minimum atomic E-state index is -0.529. The summed E-state index contributed by atoms with van der Waals surface area (Å²) in [4.78, 5) is 29.8. The average Bonchev–Trinajstić information content (AvgIpc) is 3.59. The van der Waals surface area contributed by atoms with Gasteiger partial charge < -0.3 is 14.4 Å². The number of benzene rings is 2. The lowest BCUT2D eigenvalue weighted by Crippen LogP contribution is -2.51. The van der Waals surface area contributed by atoms with Crippen molar-refractivity contribution in [2.45, 2.75) is 63.6 Å². The van der Waals surface area contributed by atoms with Crippen molar-refractivity contribution in [3.05, 3.63) is 66.2 Å².